The quantitative estimate of drug-likeness (QED) is 0.824. The molecule has 1 aliphatic heterocycles. The van der Waals surface area contributed by atoms with Gasteiger partial charge in [0.2, 0.25) is 0 Å². The second-order valence-electron chi connectivity index (χ2n) is 6.08. The second kappa shape index (κ2) is 4.78. The largest absolute Gasteiger partial charge is 0.481 e. The number of hydrogen-bond donors (Lipinski definition) is 1. The Balaban J connectivity index is 2.80. The number of amides is 1. The van der Waals surface area contributed by atoms with E-state index in [1.54, 1.807) is 20.8 Å². The van der Waals surface area contributed by atoms with Crippen LogP contribution in [0.25, 0.3) is 0 Å². The predicted octanol–water partition coefficient (Wildman–Crippen LogP) is 2.35. The molecule has 1 heterocycles. The summed E-state index contributed by atoms with van der Waals surface area (Å²) in [6, 6.07) is 0. The number of likely N-dealkylation sites (tertiary alicyclic amines) is 1. The van der Waals surface area contributed by atoms with Gasteiger partial charge >= 0.3 is 12.1 Å². The van der Waals surface area contributed by atoms with Crippen LogP contribution in [-0.2, 0) is 9.53 Å². The highest BCUT2D eigenvalue weighted by atomic mass is 16.6. The van der Waals surface area contributed by atoms with Gasteiger partial charge in [-0.05, 0) is 33.1 Å². The maximum atomic E-state index is 11.9. The summed E-state index contributed by atoms with van der Waals surface area (Å²) in [6.07, 6.45) is 0.0916. The van der Waals surface area contributed by atoms with Gasteiger partial charge in [0.25, 0.3) is 0 Å². The molecular weight excluding hydrogens is 234 g/mol. The first-order chi connectivity index (χ1) is 8.12. The Morgan fingerprint density at radius 2 is 2.00 bits per heavy atom. The van der Waals surface area contributed by atoms with Gasteiger partial charge in [0.05, 0.1) is 5.41 Å². The van der Waals surface area contributed by atoms with Gasteiger partial charge in [-0.3, -0.25) is 4.79 Å². The van der Waals surface area contributed by atoms with E-state index < -0.39 is 23.1 Å². The molecule has 0 spiro atoms. The maximum Gasteiger partial charge on any atom is 0.410 e. The molecule has 0 aromatic heterocycles. The Bertz CT molecular complexity index is 347. The van der Waals surface area contributed by atoms with Crippen molar-refractivity contribution in [3.63, 3.8) is 0 Å². The second-order valence-corrected chi connectivity index (χ2v) is 6.08. The van der Waals surface area contributed by atoms with Gasteiger partial charge in [0, 0.05) is 13.1 Å². The molecule has 1 N–H and O–H groups in total. The van der Waals surface area contributed by atoms with E-state index in [2.05, 4.69) is 0 Å². The van der Waals surface area contributed by atoms with E-state index in [1.165, 1.54) is 4.90 Å². The van der Waals surface area contributed by atoms with Crippen molar-refractivity contribution in [1.82, 2.24) is 4.90 Å². The van der Waals surface area contributed by atoms with Crippen LogP contribution in [0.2, 0.25) is 0 Å². The maximum absolute atomic E-state index is 11.9. The SMILES string of the molecule is CCC1(C(=O)O)CN(C(=O)OC(C)(C)C)CC1C. The van der Waals surface area contributed by atoms with Crippen LogP contribution in [-0.4, -0.2) is 40.8 Å². The molecule has 18 heavy (non-hydrogen) atoms. The standard InChI is InChI=1S/C13H23NO4/c1-6-13(10(15)16)8-14(7-9(13)2)11(17)18-12(3,4)5/h9H,6-8H2,1-5H3,(H,15,16). The molecule has 0 saturated carbocycles. The summed E-state index contributed by atoms with van der Waals surface area (Å²) < 4.78 is 5.28. The molecule has 0 aromatic carbocycles. The zero-order valence-corrected chi connectivity index (χ0v) is 11.8. The number of carboxylic acid groups (broad SMARTS) is 1. The minimum absolute atomic E-state index is 0.0625. The first-order valence-corrected chi connectivity index (χ1v) is 6.33. The Labute approximate surface area is 108 Å². The van der Waals surface area contributed by atoms with Gasteiger partial charge in [-0.25, -0.2) is 4.79 Å². The molecule has 0 aromatic rings. The van der Waals surface area contributed by atoms with Crippen molar-refractivity contribution in [1.29, 1.82) is 0 Å². The Morgan fingerprint density at radius 3 is 2.33 bits per heavy atom. The lowest BCUT2D eigenvalue weighted by atomic mass is 9.77. The van der Waals surface area contributed by atoms with E-state index in [4.69, 9.17) is 4.74 Å². The first-order valence-electron chi connectivity index (χ1n) is 6.33. The molecule has 1 saturated heterocycles. The van der Waals surface area contributed by atoms with Crippen LogP contribution in [0.3, 0.4) is 0 Å². The third kappa shape index (κ3) is 2.76. The summed E-state index contributed by atoms with van der Waals surface area (Å²) in [7, 11) is 0. The van der Waals surface area contributed by atoms with E-state index in [-0.39, 0.29) is 12.5 Å². The fourth-order valence-corrected chi connectivity index (χ4v) is 2.42. The number of ether oxygens (including phenoxy) is 1. The molecule has 1 rings (SSSR count). The van der Waals surface area contributed by atoms with E-state index in [0.29, 0.717) is 13.0 Å². The summed E-state index contributed by atoms with van der Waals surface area (Å²) in [4.78, 5) is 24.9. The normalized spacial score (nSPS) is 28.3. The Kier molecular flexibility index (Phi) is 3.93. The lowest BCUT2D eigenvalue weighted by Crippen LogP contribution is -2.40. The van der Waals surface area contributed by atoms with Gasteiger partial charge < -0.3 is 14.7 Å². The first kappa shape index (κ1) is 14.8. The van der Waals surface area contributed by atoms with Crippen LogP contribution < -0.4 is 0 Å². The molecule has 0 radical (unpaired) electrons. The summed E-state index contributed by atoms with van der Waals surface area (Å²) in [5.74, 6) is -0.893. The summed E-state index contributed by atoms with van der Waals surface area (Å²) in [5, 5.41) is 9.39. The third-order valence-corrected chi connectivity index (χ3v) is 3.62. The molecule has 5 heteroatoms. The number of aliphatic carboxylic acids is 1. The minimum atomic E-state index is -0.836. The Morgan fingerprint density at radius 1 is 1.44 bits per heavy atom. The fourth-order valence-electron chi connectivity index (χ4n) is 2.42. The van der Waals surface area contributed by atoms with E-state index in [0.717, 1.165) is 0 Å². The molecule has 0 bridgehead atoms. The molecule has 1 fully saturated rings. The number of carbonyl (C=O) groups excluding carboxylic acids is 1. The molecule has 5 nitrogen and oxygen atoms in total. The number of nitrogens with zero attached hydrogens (tertiary/aromatic N) is 1. The van der Waals surface area contributed by atoms with Crippen LogP contribution in [0.1, 0.15) is 41.0 Å². The van der Waals surface area contributed by atoms with E-state index in [9.17, 15) is 14.7 Å². The summed E-state index contributed by atoms with van der Waals surface area (Å²) in [5.41, 5.74) is -1.39. The van der Waals surface area contributed by atoms with Crippen LogP contribution in [0.4, 0.5) is 4.79 Å². The lowest BCUT2D eigenvalue weighted by Gasteiger charge is -2.27. The summed E-state index contributed by atoms with van der Waals surface area (Å²) >= 11 is 0. The predicted molar refractivity (Wildman–Crippen MR) is 67.3 cm³/mol. The lowest BCUT2D eigenvalue weighted by molar-refractivity contribution is -0.150. The van der Waals surface area contributed by atoms with E-state index >= 15 is 0 Å². The van der Waals surface area contributed by atoms with Crippen molar-refractivity contribution < 1.29 is 19.4 Å². The van der Waals surface area contributed by atoms with Crippen molar-refractivity contribution in [2.45, 2.75) is 46.6 Å². The fraction of sp³-hybridized carbons (Fsp3) is 0.846. The van der Waals surface area contributed by atoms with Gasteiger partial charge in [0.15, 0.2) is 0 Å². The van der Waals surface area contributed by atoms with Crippen LogP contribution >= 0.6 is 0 Å². The van der Waals surface area contributed by atoms with Crippen molar-refractivity contribution in [3.05, 3.63) is 0 Å². The average molecular weight is 257 g/mol. The molecule has 1 amide bonds. The zero-order valence-electron chi connectivity index (χ0n) is 11.8. The number of rotatable bonds is 2. The molecule has 2 unspecified atom stereocenters. The third-order valence-electron chi connectivity index (χ3n) is 3.62. The van der Waals surface area contributed by atoms with Crippen LogP contribution in [0.5, 0.6) is 0 Å². The van der Waals surface area contributed by atoms with Gasteiger partial charge in [-0.2, -0.15) is 0 Å². The topological polar surface area (TPSA) is 66.8 Å². The number of hydrogen-bond acceptors (Lipinski definition) is 3. The average Bonchev–Trinajstić information content (AvgIpc) is 2.54. The van der Waals surface area contributed by atoms with Crippen molar-refractivity contribution >= 4 is 12.1 Å². The highest BCUT2D eigenvalue weighted by Gasteiger charge is 2.50. The number of carbonyl (C=O) groups is 2. The number of carboxylic acids is 1. The highest BCUT2D eigenvalue weighted by Crippen LogP contribution is 2.39. The molecular formula is C13H23NO4. The Hall–Kier alpha value is -1.26. The van der Waals surface area contributed by atoms with Gasteiger partial charge in [0.1, 0.15) is 5.60 Å². The van der Waals surface area contributed by atoms with E-state index in [1.807, 2.05) is 13.8 Å². The van der Waals surface area contributed by atoms with Crippen molar-refractivity contribution in [2.24, 2.45) is 11.3 Å². The molecule has 1 aliphatic rings. The van der Waals surface area contributed by atoms with Crippen molar-refractivity contribution in [2.75, 3.05) is 13.1 Å². The summed E-state index contributed by atoms with van der Waals surface area (Å²) in [6.45, 7) is 9.80. The monoisotopic (exact) mass is 257 g/mol. The molecule has 104 valence electrons. The highest BCUT2D eigenvalue weighted by molar-refractivity contribution is 5.78. The smallest absolute Gasteiger partial charge is 0.410 e. The zero-order chi connectivity index (χ0) is 14.1. The minimum Gasteiger partial charge on any atom is -0.481 e. The van der Waals surface area contributed by atoms with Gasteiger partial charge in [-0.15, -0.1) is 0 Å². The molecule has 2 atom stereocenters. The van der Waals surface area contributed by atoms with Gasteiger partial charge in [-0.1, -0.05) is 13.8 Å². The van der Waals surface area contributed by atoms with Crippen LogP contribution in [0, 0.1) is 11.3 Å². The van der Waals surface area contributed by atoms with Crippen LogP contribution in [0.15, 0.2) is 0 Å². The van der Waals surface area contributed by atoms with Crippen molar-refractivity contribution in [3.8, 4) is 0 Å². The molecule has 0 aliphatic carbocycles.